The zero-order valence-corrected chi connectivity index (χ0v) is 15.5. The highest BCUT2D eigenvalue weighted by Crippen LogP contribution is 2.43. The summed E-state index contributed by atoms with van der Waals surface area (Å²) in [5, 5.41) is 11.7. The van der Waals surface area contributed by atoms with Crippen LogP contribution in [-0.2, 0) is 14.8 Å². The maximum Gasteiger partial charge on any atom is 0.243 e. The highest BCUT2D eigenvalue weighted by molar-refractivity contribution is 7.89. The van der Waals surface area contributed by atoms with Crippen LogP contribution in [0.3, 0.4) is 0 Å². The van der Waals surface area contributed by atoms with Crippen LogP contribution in [0.1, 0.15) is 6.42 Å². The van der Waals surface area contributed by atoms with Gasteiger partial charge < -0.3 is 14.6 Å². The number of nitrogens with zero attached hydrogens (tertiary/aromatic N) is 1. The number of fused-ring (bicyclic) bond motifs is 2. The molecule has 0 saturated carbocycles. The SMILES string of the molecule is COc1ccc2cc(S(=O)(=O)N3C[C@@H]4COCC[C@]4(CO)C3)ccc2c1. The van der Waals surface area contributed by atoms with Crippen LogP contribution in [0, 0.1) is 11.3 Å². The van der Waals surface area contributed by atoms with Gasteiger partial charge in [-0.3, -0.25) is 0 Å². The zero-order valence-electron chi connectivity index (χ0n) is 14.7. The van der Waals surface area contributed by atoms with Crippen LogP contribution in [-0.4, -0.2) is 57.8 Å². The van der Waals surface area contributed by atoms with E-state index in [0.29, 0.717) is 32.7 Å². The van der Waals surface area contributed by atoms with Crippen molar-refractivity contribution >= 4 is 20.8 Å². The lowest BCUT2D eigenvalue weighted by Crippen LogP contribution is -2.41. The lowest BCUT2D eigenvalue weighted by molar-refractivity contribution is -0.0414. The van der Waals surface area contributed by atoms with E-state index in [1.807, 2.05) is 18.2 Å². The van der Waals surface area contributed by atoms with Crippen molar-refractivity contribution in [1.82, 2.24) is 4.31 Å². The van der Waals surface area contributed by atoms with Gasteiger partial charge in [0.25, 0.3) is 0 Å². The van der Waals surface area contributed by atoms with Gasteiger partial charge in [0.1, 0.15) is 5.75 Å². The third kappa shape index (κ3) is 2.79. The summed E-state index contributed by atoms with van der Waals surface area (Å²) in [7, 11) is -2.01. The number of aliphatic hydroxyl groups excluding tert-OH is 1. The minimum atomic E-state index is -3.62. The highest BCUT2D eigenvalue weighted by atomic mass is 32.2. The molecule has 2 aromatic rings. The molecule has 26 heavy (non-hydrogen) atoms. The first-order chi connectivity index (χ1) is 12.5. The van der Waals surface area contributed by atoms with Crippen LogP contribution in [0.5, 0.6) is 5.75 Å². The Hall–Kier alpha value is -1.67. The van der Waals surface area contributed by atoms with Crippen LogP contribution in [0.25, 0.3) is 10.8 Å². The Morgan fingerprint density at radius 3 is 2.77 bits per heavy atom. The predicted molar refractivity (Wildman–Crippen MR) is 97.7 cm³/mol. The summed E-state index contributed by atoms with van der Waals surface area (Å²) in [6, 6.07) is 10.7. The van der Waals surface area contributed by atoms with Crippen molar-refractivity contribution in [2.75, 3.05) is 40.0 Å². The molecule has 0 spiro atoms. The minimum absolute atomic E-state index is 0.00936. The number of hydrogen-bond donors (Lipinski definition) is 1. The van der Waals surface area contributed by atoms with Gasteiger partial charge in [0.05, 0.1) is 25.2 Å². The van der Waals surface area contributed by atoms with Gasteiger partial charge in [-0.15, -0.1) is 0 Å². The van der Waals surface area contributed by atoms with Crippen LogP contribution >= 0.6 is 0 Å². The monoisotopic (exact) mass is 377 g/mol. The summed E-state index contributed by atoms with van der Waals surface area (Å²) in [4.78, 5) is 0.280. The molecule has 2 aliphatic rings. The standard InChI is InChI=1S/C19H23NO5S/c1-24-17-4-2-15-9-18(5-3-14(15)8-17)26(22,23)20-10-16-11-25-7-6-19(16,12-20)13-21/h2-5,8-9,16,21H,6-7,10-13H2,1H3/t16-,19-/m1/s1. The lowest BCUT2D eigenvalue weighted by Gasteiger charge is -2.36. The summed E-state index contributed by atoms with van der Waals surface area (Å²) < 4.78 is 38.6. The molecule has 7 heteroatoms. The number of sulfonamides is 1. The Bertz CT molecular complexity index is 929. The van der Waals surface area contributed by atoms with Gasteiger partial charge in [0.2, 0.25) is 10.0 Å². The molecule has 2 aromatic carbocycles. The fourth-order valence-corrected chi connectivity index (χ4v) is 5.69. The van der Waals surface area contributed by atoms with E-state index in [9.17, 15) is 13.5 Å². The summed E-state index contributed by atoms with van der Waals surface area (Å²) >= 11 is 0. The first-order valence-corrected chi connectivity index (χ1v) is 10.2. The normalized spacial score (nSPS) is 26.8. The number of hydrogen-bond acceptors (Lipinski definition) is 5. The van der Waals surface area contributed by atoms with Crippen LogP contribution < -0.4 is 4.74 Å². The lowest BCUT2D eigenvalue weighted by atomic mass is 9.75. The average Bonchev–Trinajstić information content (AvgIpc) is 3.08. The molecule has 1 N–H and O–H groups in total. The van der Waals surface area contributed by atoms with Gasteiger partial charge >= 0.3 is 0 Å². The second-order valence-electron chi connectivity index (χ2n) is 7.21. The molecule has 2 heterocycles. The van der Waals surface area contributed by atoms with Crippen LogP contribution in [0.15, 0.2) is 41.3 Å². The molecule has 4 rings (SSSR count). The molecule has 2 atom stereocenters. The maximum atomic E-state index is 13.2. The smallest absolute Gasteiger partial charge is 0.243 e. The van der Waals surface area contributed by atoms with Crippen molar-refractivity contribution in [1.29, 1.82) is 0 Å². The topological polar surface area (TPSA) is 76.1 Å². The van der Waals surface area contributed by atoms with E-state index in [1.165, 1.54) is 4.31 Å². The van der Waals surface area contributed by atoms with Crippen LogP contribution in [0.4, 0.5) is 0 Å². The predicted octanol–water partition coefficient (Wildman–Crippen LogP) is 1.87. The van der Waals surface area contributed by atoms with Crippen molar-refractivity contribution in [3.05, 3.63) is 36.4 Å². The van der Waals surface area contributed by atoms with Crippen molar-refractivity contribution in [3.63, 3.8) is 0 Å². The molecule has 0 bridgehead atoms. The molecule has 0 radical (unpaired) electrons. The molecule has 0 aliphatic carbocycles. The minimum Gasteiger partial charge on any atom is -0.497 e. The highest BCUT2D eigenvalue weighted by Gasteiger charge is 2.51. The van der Waals surface area contributed by atoms with E-state index in [1.54, 1.807) is 25.3 Å². The molecule has 140 valence electrons. The van der Waals surface area contributed by atoms with E-state index in [0.717, 1.165) is 16.5 Å². The molecule has 2 fully saturated rings. The van der Waals surface area contributed by atoms with Crippen molar-refractivity contribution in [2.45, 2.75) is 11.3 Å². The molecule has 6 nitrogen and oxygen atoms in total. The van der Waals surface area contributed by atoms with Crippen LogP contribution in [0.2, 0.25) is 0 Å². The first-order valence-electron chi connectivity index (χ1n) is 8.75. The second-order valence-corrected chi connectivity index (χ2v) is 9.15. The van der Waals surface area contributed by atoms with Gasteiger partial charge in [-0.25, -0.2) is 8.42 Å². The average molecular weight is 377 g/mol. The Balaban J connectivity index is 1.67. The largest absolute Gasteiger partial charge is 0.497 e. The van der Waals surface area contributed by atoms with Gasteiger partial charge in [-0.1, -0.05) is 12.1 Å². The number of aliphatic hydroxyl groups is 1. The van der Waals surface area contributed by atoms with E-state index in [4.69, 9.17) is 9.47 Å². The number of ether oxygens (including phenoxy) is 2. The maximum absolute atomic E-state index is 13.2. The summed E-state index contributed by atoms with van der Waals surface area (Å²) in [6.45, 7) is 1.81. The zero-order chi connectivity index (χ0) is 18.4. The second kappa shape index (κ2) is 6.49. The third-order valence-electron chi connectivity index (χ3n) is 5.82. The fraction of sp³-hybridized carbons (Fsp3) is 0.474. The number of benzene rings is 2. The van der Waals surface area contributed by atoms with E-state index < -0.39 is 10.0 Å². The van der Waals surface area contributed by atoms with E-state index in [2.05, 4.69) is 0 Å². The quantitative estimate of drug-likeness (QED) is 0.880. The van der Waals surface area contributed by atoms with E-state index in [-0.39, 0.29) is 22.8 Å². The van der Waals surface area contributed by atoms with Gasteiger partial charge in [0.15, 0.2) is 0 Å². The molecule has 0 aromatic heterocycles. The van der Waals surface area contributed by atoms with Gasteiger partial charge in [-0.05, 0) is 41.5 Å². The molecular formula is C19H23NO5S. The Morgan fingerprint density at radius 2 is 2.04 bits per heavy atom. The van der Waals surface area contributed by atoms with Crippen molar-refractivity contribution in [2.24, 2.45) is 11.3 Å². The molecule has 2 saturated heterocycles. The number of rotatable bonds is 4. The summed E-state index contributed by atoms with van der Waals surface area (Å²) in [5.74, 6) is 0.780. The third-order valence-corrected chi connectivity index (χ3v) is 7.62. The molecule has 2 aliphatic heterocycles. The van der Waals surface area contributed by atoms with Gasteiger partial charge in [0, 0.05) is 31.0 Å². The Kier molecular flexibility index (Phi) is 4.43. The Labute approximate surface area is 153 Å². The van der Waals surface area contributed by atoms with Crippen molar-refractivity contribution in [3.8, 4) is 5.75 Å². The number of methoxy groups -OCH3 is 1. The van der Waals surface area contributed by atoms with Crippen molar-refractivity contribution < 1.29 is 23.0 Å². The molecule has 0 unspecified atom stereocenters. The van der Waals surface area contributed by atoms with E-state index >= 15 is 0 Å². The molecule has 0 amide bonds. The summed E-state index contributed by atoms with van der Waals surface area (Å²) in [6.07, 6.45) is 0.692. The fourth-order valence-electron chi connectivity index (χ4n) is 4.08. The Morgan fingerprint density at radius 1 is 1.27 bits per heavy atom. The first kappa shape index (κ1) is 17.7. The van der Waals surface area contributed by atoms with Gasteiger partial charge in [-0.2, -0.15) is 4.31 Å². The summed E-state index contributed by atoms with van der Waals surface area (Å²) in [5.41, 5.74) is -0.379. The molecular weight excluding hydrogens is 354 g/mol.